The highest BCUT2D eigenvalue weighted by Gasteiger charge is 2.31. The number of urea groups is 1. The molecule has 1 aromatic rings. The normalized spacial score (nSPS) is 19.6. The van der Waals surface area contributed by atoms with Crippen LogP contribution in [0, 0.1) is 0 Å². The summed E-state index contributed by atoms with van der Waals surface area (Å²) in [6.07, 6.45) is 1.10. The van der Waals surface area contributed by atoms with Crippen molar-refractivity contribution in [1.29, 1.82) is 0 Å². The predicted octanol–water partition coefficient (Wildman–Crippen LogP) is 1.94. The first kappa shape index (κ1) is 23.0. The Kier molecular flexibility index (Phi) is 8.28. The third-order valence-electron chi connectivity index (χ3n) is 5.37. The molecule has 0 atom stereocenters. The zero-order valence-electron chi connectivity index (χ0n) is 17.3. The van der Waals surface area contributed by atoms with E-state index in [2.05, 4.69) is 20.9 Å². The van der Waals surface area contributed by atoms with E-state index in [0.717, 1.165) is 55.5 Å². The summed E-state index contributed by atoms with van der Waals surface area (Å²) in [6.45, 7) is 5.51. The largest absolute Gasteiger partial charge is 0.495 e. The second kappa shape index (κ2) is 10.5. The fourth-order valence-corrected chi connectivity index (χ4v) is 3.58. The van der Waals surface area contributed by atoms with Gasteiger partial charge in [0.1, 0.15) is 11.6 Å². The molecule has 2 fully saturated rings. The van der Waals surface area contributed by atoms with Crippen LogP contribution in [0.2, 0.25) is 0 Å². The highest BCUT2D eigenvalue weighted by Crippen LogP contribution is 2.28. The summed E-state index contributed by atoms with van der Waals surface area (Å²) < 4.78 is 5.47. The Morgan fingerprint density at radius 3 is 2.41 bits per heavy atom. The molecule has 0 bridgehead atoms. The number of carbonyl (C=O) groups excluding carboxylic acids is 2. The minimum atomic E-state index is -0.317. The molecule has 1 aromatic carbocycles. The average Bonchev–Trinajstić information content (AvgIpc) is 2.73. The maximum absolute atomic E-state index is 11.9. The Hall–Kier alpha value is -2.32. The number of carbonyl (C=O) groups is 2. The summed E-state index contributed by atoms with van der Waals surface area (Å²) in [6, 6.07) is 7.81. The van der Waals surface area contributed by atoms with Gasteiger partial charge in [0.05, 0.1) is 19.2 Å². The van der Waals surface area contributed by atoms with Crippen LogP contribution in [0.3, 0.4) is 0 Å². The number of halogens is 1. The molecule has 0 aromatic heterocycles. The molecule has 2 saturated heterocycles. The van der Waals surface area contributed by atoms with Crippen molar-refractivity contribution in [2.45, 2.75) is 12.8 Å². The maximum atomic E-state index is 11.9. The highest BCUT2D eigenvalue weighted by molar-refractivity contribution is 6.15. The van der Waals surface area contributed by atoms with Crippen molar-refractivity contribution in [3.63, 3.8) is 0 Å². The topological polar surface area (TPSA) is 68.7 Å². The first-order chi connectivity index (χ1) is 13.5. The quantitative estimate of drug-likeness (QED) is 0.654. The number of amides is 3. The molecule has 160 valence electrons. The van der Waals surface area contributed by atoms with Gasteiger partial charge in [-0.2, -0.15) is 0 Å². The Bertz CT molecular complexity index is 749. The van der Waals surface area contributed by atoms with Gasteiger partial charge in [0.25, 0.3) is 0 Å². The van der Waals surface area contributed by atoms with E-state index in [-0.39, 0.29) is 30.8 Å². The summed E-state index contributed by atoms with van der Waals surface area (Å²) in [5, 5.41) is 0. The molecule has 2 heterocycles. The first-order valence-corrected chi connectivity index (χ1v) is 9.69. The lowest BCUT2D eigenvalue weighted by molar-refractivity contribution is -0.127. The second-order valence-electron chi connectivity index (χ2n) is 7.12. The minimum Gasteiger partial charge on any atom is -0.495 e. The number of anilines is 1. The smallest absolute Gasteiger partial charge is 0.331 e. The number of amidine groups is 1. The van der Waals surface area contributed by atoms with Crippen LogP contribution in [-0.2, 0) is 4.79 Å². The van der Waals surface area contributed by atoms with Crippen LogP contribution < -0.4 is 9.64 Å². The number of imide groups is 1. The van der Waals surface area contributed by atoms with Gasteiger partial charge >= 0.3 is 6.03 Å². The number of methoxy groups -OCH3 is 1. The number of benzene rings is 1. The van der Waals surface area contributed by atoms with E-state index in [9.17, 15) is 9.59 Å². The van der Waals surface area contributed by atoms with Crippen molar-refractivity contribution in [1.82, 2.24) is 14.7 Å². The predicted molar refractivity (Wildman–Crippen MR) is 116 cm³/mol. The average molecular weight is 424 g/mol. The number of para-hydroxylation sites is 2. The minimum absolute atomic E-state index is 0. The molecular weight excluding hydrogens is 394 g/mol. The number of nitrogens with zero attached hydrogens (tertiary/aromatic N) is 5. The van der Waals surface area contributed by atoms with E-state index >= 15 is 0 Å². The maximum Gasteiger partial charge on any atom is 0.331 e. The summed E-state index contributed by atoms with van der Waals surface area (Å²) in [4.78, 5) is 35.6. The van der Waals surface area contributed by atoms with Gasteiger partial charge in [0.2, 0.25) is 5.91 Å². The van der Waals surface area contributed by atoms with E-state index in [1.807, 2.05) is 18.2 Å². The van der Waals surface area contributed by atoms with Crippen molar-refractivity contribution in [3.05, 3.63) is 24.3 Å². The third kappa shape index (κ3) is 5.39. The van der Waals surface area contributed by atoms with Crippen LogP contribution in [-0.4, -0.2) is 92.9 Å². The van der Waals surface area contributed by atoms with E-state index in [1.165, 1.54) is 11.9 Å². The van der Waals surface area contributed by atoms with Gasteiger partial charge in [-0.05, 0) is 18.6 Å². The second-order valence-corrected chi connectivity index (χ2v) is 7.12. The van der Waals surface area contributed by atoms with Gasteiger partial charge in [-0.1, -0.05) is 12.1 Å². The van der Waals surface area contributed by atoms with E-state index in [0.29, 0.717) is 12.4 Å². The number of rotatable bonds is 6. The van der Waals surface area contributed by atoms with E-state index in [4.69, 9.17) is 4.74 Å². The monoisotopic (exact) mass is 423 g/mol. The number of hydrogen-bond acceptors (Lipinski definition) is 6. The van der Waals surface area contributed by atoms with Gasteiger partial charge in [0, 0.05) is 53.4 Å². The third-order valence-corrected chi connectivity index (χ3v) is 5.37. The van der Waals surface area contributed by atoms with Crippen molar-refractivity contribution in [2.75, 3.05) is 65.4 Å². The SMILES string of the molecule is COc1ccccc1N1CCN(CCCN=C2CC(=O)N(C)C(=O)N2C)CC1.Cl. The van der Waals surface area contributed by atoms with Crippen LogP contribution in [0.1, 0.15) is 12.8 Å². The van der Waals surface area contributed by atoms with Crippen LogP contribution in [0.25, 0.3) is 0 Å². The molecule has 29 heavy (non-hydrogen) atoms. The molecular formula is C20H30ClN5O3. The van der Waals surface area contributed by atoms with Gasteiger partial charge in [-0.3, -0.25) is 24.5 Å². The Balaban J connectivity index is 0.00000300. The van der Waals surface area contributed by atoms with Crippen LogP contribution in [0.15, 0.2) is 29.3 Å². The van der Waals surface area contributed by atoms with Crippen LogP contribution >= 0.6 is 12.4 Å². The van der Waals surface area contributed by atoms with Crippen LogP contribution in [0.5, 0.6) is 5.75 Å². The Morgan fingerprint density at radius 1 is 1.03 bits per heavy atom. The summed E-state index contributed by atoms with van der Waals surface area (Å²) in [5.74, 6) is 1.28. The molecule has 0 spiro atoms. The molecule has 2 aliphatic rings. The van der Waals surface area contributed by atoms with Crippen molar-refractivity contribution >= 4 is 35.9 Å². The Labute approximate surface area is 178 Å². The van der Waals surface area contributed by atoms with Gasteiger partial charge in [-0.15, -0.1) is 12.4 Å². The van der Waals surface area contributed by atoms with E-state index in [1.54, 1.807) is 14.2 Å². The number of hydrogen-bond donors (Lipinski definition) is 0. The summed E-state index contributed by atoms with van der Waals surface area (Å²) >= 11 is 0. The molecule has 0 N–H and O–H groups in total. The van der Waals surface area contributed by atoms with Crippen LogP contribution in [0.4, 0.5) is 10.5 Å². The molecule has 0 radical (unpaired) electrons. The molecule has 0 aliphatic carbocycles. The Morgan fingerprint density at radius 2 is 1.72 bits per heavy atom. The molecule has 2 aliphatic heterocycles. The fraction of sp³-hybridized carbons (Fsp3) is 0.550. The molecule has 3 amide bonds. The molecule has 3 rings (SSSR count). The van der Waals surface area contributed by atoms with Gasteiger partial charge < -0.3 is 9.64 Å². The lowest BCUT2D eigenvalue weighted by Crippen LogP contribution is -2.51. The van der Waals surface area contributed by atoms with Crippen molar-refractivity contribution in [3.8, 4) is 5.75 Å². The van der Waals surface area contributed by atoms with Gasteiger partial charge in [-0.25, -0.2) is 4.79 Å². The molecule has 0 unspecified atom stereocenters. The summed E-state index contributed by atoms with van der Waals surface area (Å²) in [5.41, 5.74) is 1.15. The first-order valence-electron chi connectivity index (χ1n) is 9.69. The molecule has 8 nitrogen and oxygen atoms in total. The lowest BCUT2D eigenvalue weighted by Gasteiger charge is -2.36. The zero-order chi connectivity index (χ0) is 20.1. The fourth-order valence-electron chi connectivity index (χ4n) is 3.58. The van der Waals surface area contributed by atoms with Gasteiger partial charge in [0.15, 0.2) is 0 Å². The highest BCUT2D eigenvalue weighted by atomic mass is 35.5. The van der Waals surface area contributed by atoms with Crippen molar-refractivity contribution in [2.24, 2.45) is 4.99 Å². The number of piperazine rings is 1. The lowest BCUT2D eigenvalue weighted by atomic mass is 10.2. The molecule has 9 heteroatoms. The number of ether oxygens (including phenoxy) is 1. The zero-order valence-corrected chi connectivity index (χ0v) is 18.2. The van der Waals surface area contributed by atoms with E-state index < -0.39 is 0 Å². The van der Waals surface area contributed by atoms with Crippen molar-refractivity contribution < 1.29 is 14.3 Å². The molecule has 0 saturated carbocycles. The standard InChI is InChI=1S/C20H29N5O3.ClH/c1-22-18(15-19(26)23(2)20(22)27)21-9-6-10-24-11-13-25(14-12-24)16-7-4-5-8-17(16)28-3;/h4-5,7-8H,6,9-15H2,1-3H3;1H. The number of aliphatic imine (C=N–C) groups is 1. The summed E-state index contributed by atoms with van der Waals surface area (Å²) in [7, 11) is 4.88.